The molecule has 1 aromatic carbocycles. The second-order valence-corrected chi connectivity index (χ2v) is 6.16. The van der Waals surface area contributed by atoms with Crippen LogP contribution in [0.5, 0.6) is 0 Å². The number of hydrogen-bond donors (Lipinski definition) is 1. The molecule has 1 unspecified atom stereocenters. The van der Waals surface area contributed by atoms with Crippen molar-refractivity contribution >= 4 is 0 Å². The summed E-state index contributed by atoms with van der Waals surface area (Å²) in [6.07, 6.45) is 4.03. The molecular formula is C17H27N3. The number of nitrogens with zero attached hydrogens (tertiary/aromatic N) is 2. The maximum absolute atomic E-state index is 3.51. The second-order valence-electron chi connectivity index (χ2n) is 6.16. The van der Waals surface area contributed by atoms with E-state index in [1.165, 1.54) is 57.5 Å². The van der Waals surface area contributed by atoms with Gasteiger partial charge in [0.1, 0.15) is 0 Å². The molecule has 1 aromatic rings. The van der Waals surface area contributed by atoms with E-state index >= 15 is 0 Å². The van der Waals surface area contributed by atoms with E-state index in [1.807, 2.05) is 0 Å². The Morgan fingerprint density at radius 3 is 2.80 bits per heavy atom. The van der Waals surface area contributed by atoms with E-state index in [4.69, 9.17) is 0 Å². The normalized spacial score (nSPS) is 26.3. The minimum Gasteiger partial charge on any atom is -0.315 e. The summed E-state index contributed by atoms with van der Waals surface area (Å²) in [5.41, 5.74) is 1.45. The van der Waals surface area contributed by atoms with Gasteiger partial charge in [-0.25, -0.2) is 0 Å². The Hall–Kier alpha value is -0.900. The van der Waals surface area contributed by atoms with Gasteiger partial charge in [0.05, 0.1) is 0 Å². The van der Waals surface area contributed by atoms with Gasteiger partial charge in [-0.15, -0.1) is 0 Å². The molecular weight excluding hydrogens is 246 g/mol. The monoisotopic (exact) mass is 273 g/mol. The first-order valence-electron chi connectivity index (χ1n) is 8.13. The van der Waals surface area contributed by atoms with Crippen LogP contribution >= 0.6 is 0 Å². The van der Waals surface area contributed by atoms with Crippen molar-refractivity contribution < 1.29 is 0 Å². The Morgan fingerprint density at radius 2 is 1.90 bits per heavy atom. The van der Waals surface area contributed by atoms with Crippen molar-refractivity contribution in [2.45, 2.75) is 31.8 Å². The molecule has 0 saturated carbocycles. The van der Waals surface area contributed by atoms with E-state index in [2.05, 4.69) is 45.4 Å². The quantitative estimate of drug-likeness (QED) is 0.908. The smallest absolute Gasteiger partial charge is 0.0234 e. The molecule has 0 amide bonds. The lowest BCUT2D eigenvalue weighted by molar-refractivity contribution is 0.0978. The molecule has 0 bridgehead atoms. The molecule has 110 valence electrons. The van der Waals surface area contributed by atoms with E-state index in [0.29, 0.717) is 0 Å². The lowest BCUT2D eigenvalue weighted by Gasteiger charge is -2.39. The fourth-order valence-electron chi connectivity index (χ4n) is 3.55. The van der Waals surface area contributed by atoms with Gasteiger partial charge < -0.3 is 5.32 Å². The topological polar surface area (TPSA) is 18.5 Å². The summed E-state index contributed by atoms with van der Waals surface area (Å²) in [7, 11) is 0. The Morgan fingerprint density at radius 1 is 1.00 bits per heavy atom. The third-order valence-corrected chi connectivity index (χ3v) is 4.62. The second kappa shape index (κ2) is 7.21. The zero-order valence-corrected chi connectivity index (χ0v) is 12.4. The summed E-state index contributed by atoms with van der Waals surface area (Å²) < 4.78 is 0. The molecule has 2 fully saturated rings. The summed E-state index contributed by atoms with van der Waals surface area (Å²) in [6, 6.07) is 11.7. The van der Waals surface area contributed by atoms with Crippen molar-refractivity contribution in [1.82, 2.24) is 15.1 Å². The summed E-state index contributed by atoms with van der Waals surface area (Å²) in [5, 5.41) is 3.51. The average molecular weight is 273 g/mol. The van der Waals surface area contributed by atoms with Crippen LogP contribution in [0.25, 0.3) is 0 Å². The van der Waals surface area contributed by atoms with Crippen LogP contribution in [-0.2, 0) is 6.54 Å². The van der Waals surface area contributed by atoms with Crippen molar-refractivity contribution in [1.29, 1.82) is 0 Å². The summed E-state index contributed by atoms with van der Waals surface area (Å²) in [5.74, 6) is 0. The highest BCUT2D eigenvalue weighted by Gasteiger charge is 2.25. The lowest BCUT2D eigenvalue weighted by Crippen LogP contribution is -2.48. The van der Waals surface area contributed by atoms with Crippen LogP contribution in [0.1, 0.15) is 24.8 Å². The Kier molecular flexibility index (Phi) is 5.06. The summed E-state index contributed by atoms with van der Waals surface area (Å²) in [6.45, 7) is 8.47. The number of piperidine rings is 1. The van der Waals surface area contributed by atoms with E-state index in [0.717, 1.165) is 19.1 Å². The molecule has 2 aliphatic rings. The molecule has 3 nitrogen and oxygen atoms in total. The molecule has 2 heterocycles. The van der Waals surface area contributed by atoms with E-state index in [9.17, 15) is 0 Å². The SMILES string of the molecule is c1ccc(CN2CCCC(N3CCCNCC3)C2)cc1. The van der Waals surface area contributed by atoms with Crippen LogP contribution in [0.4, 0.5) is 0 Å². The molecule has 1 N–H and O–H groups in total. The van der Waals surface area contributed by atoms with Gasteiger partial charge in [-0.3, -0.25) is 9.80 Å². The van der Waals surface area contributed by atoms with Crippen LogP contribution in [0.3, 0.4) is 0 Å². The average Bonchev–Trinajstić information content (AvgIpc) is 2.78. The zero-order chi connectivity index (χ0) is 13.6. The van der Waals surface area contributed by atoms with Crippen molar-refractivity contribution in [3.05, 3.63) is 35.9 Å². The highest BCUT2D eigenvalue weighted by molar-refractivity contribution is 5.14. The van der Waals surface area contributed by atoms with Gasteiger partial charge in [0, 0.05) is 32.2 Å². The van der Waals surface area contributed by atoms with Crippen LogP contribution in [0.15, 0.2) is 30.3 Å². The van der Waals surface area contributed by atoms with Gasteiger partial charge in [0.15, 0.2) is 0 Å². The standard InChI is InChI=1S/C17H27N3/c1-2-6-16(7-3-1)14-19-11-4-8-17(15-19)20-12-5-9-18-10-13-20/h1-3,6-7,17-18H,4-5,8-15H2. The first-order chi connectivity index (χ1) is 9.92. The Bertz CT molecular complexity index is 384. The maximum Gasteiger partial charge on any atom is 0.0234 e. The molecule has 20 heavy (non-hydrogen) atoms. The van der Waals surface area contributed by atoms with Gasteiger partial charge >= 0.3 is 0 Å². The summed E-state index contributed by atoms with van der Waals surface area (Å²) >= 11 is 0. The van der Waals surface area contributed by atoms with Gasteiger partial charge in [0.2, 0.25) is 0 Å². The number of hydrogen-bond acceptors (Lipinski definition) is 3. The minimum absolute atomic E-state index is 0.771. The van der Waals surface area contributed by atoms with Gasteiger partial charge in [-0.1, -0.05) is 30.3 Å². The Labute approximate surface area is 123 Å². The molecule has 3 rings (SSSR count). The van der Waals surface area contributed by atoms with Crippen LogP contribution in [-0.4, -0.2) is 55.1 Å². The van der Waals surface area contributed by atoms with E-state index < -0.39 is 0 Å². The third-order valence-electron chi connectivity index (χ3n) is 4.62. The fourth-order valence-corrected chi connectivity index (χ4v) is 3.55. The number of benzene rings is 1. The molecule has 3 heteroatoms. The predicted octanol–water partition coefficient (Wildman–Crippen LogP) is 1.95. The zero-order valence-electron chi connectivity index (χ0n) is 12.4. The molecule has 0 aliphatic carbocycles. The van der Waals surface area contributed by atoms with Gasteiger partial charge in [-0.05, 0) is 44.5 Å². The molecule has 1 atom stereocenters. The molecule has 0 aromatic heterocycles. The highest BCUT2D eigenvalue weighted by atomic mass is 15.2. The van der Waals surface area contributed by atoms with Crippen LogP contribution < -0.4 is 5.32 Å². The number of rotatable bonds is 3. The van der Waals surface area contributed by atoms with Crippen LogP contribution in [0, 0.1) is 0 Å². The maximum atomic E-state index is 3.51. The third kappa shape index (κ3) is 3.81. The largest absolute Gasteiger partial charge is 0.315 e. The van der Waals surface area contributed by atoms with E-state index in [1.54, 1.807) is 0 Å². The molecule has 2 saturated heterocycles. The van der Waals surface area contributed by atoms with Crippen molar-refractivity contribution in [2.75, 3.05) is 39.3 Å². The summed E-state index contributed by atoms with van der Waals surface area (Å²) in [4.78, 5) is 5.36. The molecule has 0 radical (unpaired) electrons. The van der Waals surface area contributed by atoms with Gasteiger partial charge in [0.25, 0.3) is 0 Å². The van der Waals surface area contributed by atoms with Crippen LogP contribution in [0.2, 0.25) is 0 Å². The van der Waals surface area contributed by atoms with Crippen molar-refractivity contribution in [3.63, 3.8) is 0 Å². The number of nitrogens with one attached hydrogen (secondary N) is 1. The molecule has 2 aliphatic heterocycles. The Balaban J connectivity index is 1.55. The van der Waals surface area contributed by atoms with E-state index in [-0.39, 0.29) is 0 Å². The van der Waals surface area contributed by atoms with Crippen molar-refractivity contribution in [2.24, 2.45) is 0 Å². The minimum atomic E-state index is 0.771. The molecule has 0 spiro atoms. The highest BCUT2D eigenvalue weighted by Crippen LogP contribution is 2.18. The first kappa shape index (κ1) is 14.1. The lowest BCUT2D eigenvalue weighted by atomic mass is 10.0. The van der Waals surface area contributed by atoms with Crippen molar-refractivity contribution in [3.8, 4) is 0 Å². The number of likely N-dealkylation sites (tertiary alicyclic amines) is 1. The predicted molar refractivity (Wildman–Crippen MR) is 83.8 cm³/mol. The fraction of sp³-hybridized carbons (Fsp3) is 0.647. The first-order valence-corrected chi connectivity index (χ1v) is 8.13. The van der Waals surface area contributed by atoms with Gasteiger partial charge in [-0.2, -0.15) is 0 Å².